The van der Waals surface area contributed by atoms with Gasteiger partial charge < -0.3 is 15.7 Å². The number of rotatable bonds is 5. The number of nitrogens with one attached hydrogen (secondary N) is 1. The van der Waals surface area contributed by atoms with E-state index in [9.17, 15) is 4.79 Å². The Bertz CT molecular complexity index is 194. The summed E-state index contributed by atoms with van der Waals surface area (Å²) in [6.07, 6.45) is -0.545. The Morgan fingerprint density at radius 1 is 1.77 bits per heavy atom. The third-order valence-electron chi connectivity index (χ3n) is 1.33. The first-order chi connectivity index (χ1) is 6.11. The van der Waals surface area contributed by atoms with E-state index in [1.807, 2.05) is 0 Å². The maximum atomic E-state index is 10.7. The average Bonchev–Trinajstić information content (AvgIpc) is 2.15. The summed E-state index contributed by atoms with van der Waals surface area (Å²) in [6, 6.07) is 0. The fourth-order valence-corrected chi connectivity index (χ4v) is 0.557. The van der Waals surface area contributed by atoms with Gasteiger partial charge in [0.15, 0.2) is 0 Å². The summed E-state index contributed by atoms with van der Waals surface area (Å²) in [6.45, 7) is 1.61. The minimum absolute atomic E-state index is 0.0246. The van der Waals surface area contributed by atoms with Crippen LogP contribution >= 0.6 is 0 Å². The standard InChI is InChI=1S/C6H13N3O4/c1-4(6(10)9-12)13-3-2-5(7)8-11/h4,11-12H,2-3H2,1H3,(H2,7,8)(H,9,10). The van der Waals surface area contributed by atoms with Crippen molar-refractivity contribution < 1.29 is 19.9 Å². The Morgan fingerprint density at radius 2 is 2.38 bits per heavy atom. The van der Waals surface area contributed by atoms with Crippen LogP contribution in [0.15, 0.2) is 5.16 Å². The minimum Gasteiger partial charge on any atom is -0.409 e. The van der Waals surface area contributed by atoms with Gasteiger partial charge in [0, 0.05) is 6.42 Å². The lowest BCUT2D eigenvalue weighted by atomic mass is 10.4. The fraction of sp³-hybridized carbons (Fsp3) is 0.667. The molecule has 0 heterocycles. The zero-order chi connectivity index (χ0) is 10.3. The largest absolute Gasteiger partial charge is 0.409 e. The van der Waals surface area contributed by atoms with Crippen molar-refractivity contribution in [3.63, 3.8) is 0 Å². The van der Waals surface area contributed by atoms with Gasteiger partial charge in [0.25, 0.3) is 5.91 Å². The molecule has 13 heavy (non-hydrogen) atoms. The number of oxime groups is 1. The van der Waals surface area contributed by atoms with Crippen LogP contribution in [-0.4, -0.2) is 34.9 Å². The highest BCUT2D eigenvalue weighted by molar-refractivity contribution is 5.80. The lowest BCUT2D eigenvalue weighted by Gasteiger charge is -2.09. The van der Waals surface area contributed by atoms with Crippen molar-refractivity contribution >= 4 is 11.7 Å². The fourth-order valence-electron chi connectivity index (χ4n) is 0.557. The van der Waals surface area contributed by atoms with Crippen molar-refractivity contribution in [3.05, 3.63) is 0 Å². The van der Waals surface area contributed by atoms with Crippen LogP contribution in [-0.2, 0) is 9.53 Å². The highest BCUT2D eigenvalue weighted by Crippen LogP contribution is 1.92. The van der Waals surface area contributed by atoms with Crippen LogP contribution in [0.5, 0.6) is 0 Å². The van der Waals surface area contributed by atoms with E-state index in [-0.39, 0.29) is 18.9 Å². The number of hydroxylamine groups is 1. The number of nitrogens with two attached hydrogens (primary N) is 1. The third kappa shape index (κ3) is 4.99. The summed E-state index contributed by atoms with van der Waals surface area (Å²) < 4.78 is 4.92. The number of amidine groups is 1. The quantitative estimate of drug-likeness (QED) is 0.147. The van der Waals surface area contributed by atoms with Gasteiger partial charge in [-0.25, -0.2) is 5.48 Å². The highest BCUT2D eigenvalue weighted by atomic mass is 16.5. The van der Waals surface area contributed by atoms with E-state index < -0.39 is 12.0 Å². The van der Waals surface area contributed by atoms with E-state index in [0.717, 1.165) is 0 Å². The molecular formula is C6H13N3O4. The van der Waals surface area contributed by atoms with Gasteiger partial charge in [0.1, 0.15) is 11.9 Å². The molecule has 0 aromatic carbocycles. The average molecular weight is 191 g/mol. The molecule has 1 atom stereocenters. The summed E-state index contributed by atoms with van der Waals surface area (Å²) in [5, 5.41) is 19.1. The molecule has 0 saturated carbocycles. The molecule has 0 fully saturated rings. The minimum atomic E-state index is -0.767. The lowest BCUT2D eigenvalue weighted by Crippen LogP contribution is -2.32. The monoisotopic (exact) mass is 191 g/mol. The van der Waals surface area contributed by atoms with Crippen LogP contribution in [0.2, 0.25) is 0 Å². The van der Waals surface area contributed by atoms with Crippen molar-refractivity contribution in [2.45, 2.75) is 19.4 Å². The molecule has 0 rings (SSSR count). The van der Waals surface area contributed by atoms with Crippen molar-refractivity contribution in [2.24, 2.45) is 10.9 Å². The second-order valence-electron chi connectivity index (χ2n) is 2.33. The molecule has 1 unspecified atom stereocenters. The van der Waals surface area contributed by atoms with Crippen LogP contribution in [0.4, 0.5) is 0 Å². The van der Waals surface area contributed by atoms with Crippen molar-refractivity contribution in [1.82, 2.24) is 5.48 Å². The SMILES string of the molecule is CC(OCC/C(N)=N/O)C(=O)NO. The second-order valence-corrected chi connectivity index (χ2v) is 2.33. The summed E-state index contributed by atoms with van der Waals surface area (Å²) in [4.78, 5) is 10.7. The van der Waals surface area contributed by atoms with Gasteiger partial charge in [0.05, 0.1) is 6.61 Å². The molecule has 0 aromatic heterocycles. The van der Waals surface area contributed by atoms with Crippen LogP contribution in [0.1, 0.15) is 13.3 Å². The second kappa shape index (κ2) is 6.21. The molecule has 0 aliphatic rings. The van der Waals surface area contributed by atoms with E-state index in [0.29, 0.717) is 0 Å². The number of nitrogens with zero attached hydrogens (tertiary/aromatic N) is 1. The predicted octanol–water partition coefficient (Wildman–Crippen LogP) is -0.967. The molecule has 0 bridgehead atoms. The first kappa shape index (κ1) is 11.7. The number of carbonyl (C=O) groups excluding carboxylic acids is 1. The van der Waals surface area contributed by atoms with Gasteiger partial charge in [0.2, 0.25) is 0 Å². The molecule has 0 radical (unpaired) electrons. The van der Waals surface area contributed by atoms with Crippen LogP contribution < -0.4 is 11.2 Å². The molecule has 1 amide bonds. The van der Waals surface area contributed by atoms with E-state index >= 15 is 0 Å². The van der Waals surface area contributed by atoms with E-state index in [2.05, 4.69) is 5.16 Å². The number of hydrogen-bond acceptors (Lipinski definition) is 5. The van der Waals surface area contributed by atoms with Crippen molar-refractivity contribution in [3.8, 4) is 0 Å². The Balaban J connectivity index is 3.59. The maximum Gasteiger partial charge on any atom is 0.272 e. The predicted molar refractivity (Wildman–Crippen MR) is 43.4 cm³/mol. The summed E-state index contributed by atoms with van der Waals surface area (Å²) >= 11 is 0. The first-order valence-electron chi connectivity index (χ1n) is 3.63. The van der Waals surface area contributed by atoms with Crippen LogP contribution in [0.25, 0.3) is 0 Å². The topological polar surface area (TPSA) is 117 Å². The van der Waals surface area contributed by atoms with Crippen LogP contribution in [0, 0.1) is 0 Å². The zero-order valence-electron chi connectivity index (χ0n) is 7.23. The van der Waals surface area contributed by atoms with Crippen molar-refractivity contribution in [1.29, 1.82) is 0 Å². The third-order valence-corrected chi connectivity index (χ3v) is 1.33. The van der Waals surface area contributed by atoms with Crippen LogP contribution in [0.3, 0.4) is 0 Å². The molecule has 5 N–H and O–H groups in total. The lowest BCUT2D eigenvalue weighted by molar-refractivity contribution is -0.140. The van der Waals surface area contributed by atoms with Gasteiger partial charge in [-0.1, -0.05) is 5.16 Å². The van der Waals surface area contributed by atoms with E-state index in [4.69, 9.17) is 20.9 Å². The summed E-state index contributed by atoms with van der Waals surface area (Å²) in [5.74, 6) is -0.615. The Morgan fingerprint density at radius 3 is 2.85 bits per heavy atom. The Kier molecular flexibility index (Phi) is 5.57. The van der Waals surface area contributed by atoms with Gasteiger partial charge in [-0.15, -0.1) is 0 Å². The molecule has 0 spiro atoms. The smallest absolute Gasteiger partial charge is 0.272 e. The molecule has 0 aliphatic heterocycles. The highest BCUT2D eigenvalue weighted by Gasteiger charge is 2.11. The van der Waals surface area contributed by atoms with Gasteiger partial charge in [-0.3, -0.25) is 10.0 Å². The number of hydrogen-bond donors (Lipinski definition) is 4. The molecule has 0 aromatic rings. The first-order valence-corrected chi connectivity index (χ1v) is 3.63. The van der Waals surface area contributed by atoms with Gasteiger partial charge in [-0.05, 0) is 6.92 Å². The summed E-state index contributed by atoms with van der Waals surface area (Å²) in [5.41, 5.74) is 6.58. The number of carbonyl (C=O) groups is 1. The molecule has 7 nitrogen and oxygen atoms in total. The Hall–Kier alpha value is -1.34. The normalized spacial score (nSPS) is 13.8. The van der Waals surface area contributed by atoms with E-state index in [1.165, 1.54) is 12.4 Å². The Labute approximate surface area is 75.1 Å². The molecule has 7 heteroatoms. The molecule has 0 saturated heterocycles. The number of ether oxygens (including phenoxy) is 1. The number of amides is 1. The maximum absolute atomic E-state index is 10.7. The zero-order valence-corrected chi connectivity index (χ0v) is 7.23. The molecule has 0 aliphatic carbocycles. The van der Waals surface area contributed by atoms with Gasteiger partial charge in [-0.2, -0.15) is 0 Å². The van der Waals surface area contributed by atoms with Gasteiger partial charge >= 0.3 is 0 Å². The molecular weight excluding hydrogens is 178 g/mol. The molecule has 76 valence electrons. The summed E-state index contributed by atoms with van der Waals surface area (Å²) in [7, 11) is 0. The van der Waals surface area contributed by atoms with E-state index in [1.54, 1.807) is 0 Å². The van der Waals surface area contributed by atoms with Crippen molar-refractivity contribution in [2.75, 3.05) is 6.61 Å².